The summed E-state index contributed by atoms with van der Waals surface area (Å²) in [6.45, 7) is 2.36. The van der Waals surface area contributed by atoms with Crippen molar-refractivity contribution in [1.82, 2.24) is 10.2 Å². The van der Waals surface area contributed by atoms with E-state index in [1.165, 1.54) is 0 Å². The van der Waals surface area contributed by atoms with Gasteiger partial charge in [0.1, 0.15) is 5.76 Å². The van der Waals surface area contributed by atoms with Gasteiger partial charge in [-0.15, -0.1) is 0 Å². The van der Waals surface area contributed by atoms with E-state index < -0.39 is 5.92 Å². The van der Waals surface area contributed by atoms with Gasteiger partial charge in [0.05, 0.1) is 24.8 Å². The van der Waals surface area contributed by atoms with Crippen molar-refractivity contribution in [1.29, 1.82) is 0 Å². The molecule has 1 saturated carbocycles. The fraction of sp³-hybridized carbons (Fsp3) is 0.280. The van der Waals surface area contributed by atoms with Gasteiger partial charge in [-0.2, -0.15) is 0 Å². The molecular formula is C25H24N2O3. The lowest BCUT2D eigenvalue weighted by molar-refractivity contribution is -0.124. The molecule has 0 radical (unpaired) electrons. The Bertz CT molecular complexity index is 1090. The minimum absolute atomic E-state index is 0.0229. The van der Waals surface area contributed by atoms with Crippen LogP contribution < -0.4 is 5.32 Å². The summed E-state index contributed by atoms with van der Waals surface area (Å²) < 4.78 is 5.38. The molecule has 0 unspecified atom stereocenters. The Morgan fingerprint density at radius 1 is 1.10 bits per heavy atom. The Morgan fingerprint density at radius 3 is 2.67 bits per heavy atom. The molecule has 3 aromatic rings. The number of benzene rings is 2. The van der Waals surface area contributed by atoms with E-state index in [2.05, 4.69) is 11.4 Å². The molecule has 0 bridgehead atoms. The van der Waals surface area contributed by atoms with Crippen LogP contribution in [-0.2, 0) is 11.3 Å². The Morgan fingerprint density at radius 2 is 1.93 bits per heavy atom. The van der Waals surface area contributed by atoms with E-state index in [0.29, 0.717) is 17.9 Å². The second-order valence-corrected chi connectivity index (χ2v) is 8.16. The van der Waals surface area contributed by atoms with Crippen molar-refractivity contribution in [3.63, 3.8) is 0 Å². The Kier molecular flexibility index (Phi) is 4.66. The number of aryl methyl sites for hydroxylation is 1. The molecule has 1 aliphatic carbocycles. The second-order valence-electron chi connectivity index (χ2n) is 8.16. The molecule has 2 atom stereocenters. The van der Waals surface area contributed by atoms with Gasteiger partial charge in [-0.3, -0.25) is 9.59 Å². The highest BCUT2D eigenvalue weighted by molar-refractivity contribution is 6.01. The van der Waals surface area contributed by atoms with Crippen LogP contribution in [0.4, 0.5) is 0 Å². The van der Waals surface area contributed by atoms with Gasteiger partial charge in [-0.1, -0.05) is 48.0 Å². The van der Waals surface area contributed by atoms with Crippen LogP contribution in [0.3, 0.4) is 0 Å². The molecule has 152 valence electrons. The van der Waals surface area contributed by atoms with Crippen LogP contribution in [-0.4, -0.2) is 22.8 Å². The van der Waals surface area contributed by atoms with E-state index in [1.807, 2.05) is 60.4 Å². The highest BCUT2D eigenvalue weighted by Gasteiger charge is 2.48. The molecule has 1 fully saturated rings. The van der Waals surface area contributed by atoms with Gasteiger partial charge in [-0.05, 0) is 49.1 Å². The predicted octanol–water partition coefficient (Wildman–Crippen LogP) is 4.35. The number of hydrogen-bond acceptors (Lipinski definition) is 3. The largest absolute Gasteiger partial charge is 0.467 e. The Balaban J connectivity index is 1.59. The van der Waals surface area contributed by atoms with Crippen molar-refractivity contribution in [2.75, 3.05) is 0 Å². The third-order valence-electron chi connectivity index (χ3n) is 6.00. The lowest BCUT2D eigenvalue weighted by Gasteiger charge is -2.42. The van der Waals surface area contributed by atoms with Crippen LogP contribution in [0.15, 0.2) is 71.3 Å². The maximum Gasteiger partial charge on any atom is 0.254 e. The van der Waals surface area contributed by atoms with E-state index in [9.17, 15) is 9.59 Å². The van der Waals surface area contributed by atoms with Gasteiger partial charge >= 0.3 is 0 Å². The maximum absolute atomic E-state index is 13.5. The normalized spacial score (nSPS) is 20.7. The molecule has 5 nitrogen and oxygen atoms in total. The lowest BCUT2D eigenvalue weighted by atomic mass is 9.78. The minimum atomic E-state index is -0.476. The highest BCUT2D eigenvalue weighted by Crippen LogP contribution is 2.47. The zero-order valence-corrected chi connectivity index (χ0v) is 16.9. The van der Waals surface area contributed by atoms with Crippen LogP contribution in [0.25, 0.3) is 0 Å². The second kappa shape index (κ2) is 7.48. The summed E-state index contributed by atoms with van der Waals surface area (Å²) in [4.78, 5) is 28.9. The van der Waals surface area contributed by atoms with Crippen LogP contribution in [0, 0.1) is 6.92 Å². The van der Waals surface area contributed by atoms with Gasteiger partial charge in [0.15, 0.2) is 0 Å². The summed E-state index contributed by atoms with van der Waals surface area (Å²) in [5.41, 5.74) is 3.54. The van der Waals surface area contributed by atoms with Gasteiger partial charge in [-0.25, -0.2) is 0 Å². The minimum Gasteiger partial charge on any atom is -0.467 e. The van der Waals surface area contributed by atoms with Gasteiger partial charge < -0.3 is 14.6 Å². The van der Waals surface area contributed by atoms with Crippen molar-refractivity contribution in [2.24, 2.45) is 0 Å². The van der Waals surface area contributed by atoms with Crippen LogP contribution in [0.5, 0.6) is 0 Å². The number of carbonyl (C=O) groups excluding carboxylic acids is 2. The molecular weight excluding hydrogens is 376 g/mol. The van der Waals surface area contributed by atoms with Crippen molar-refractivity contribution in [3.05, 3.63) is 94.9 Å². The van der Waals surface area contributed by atoms with E-state index in [4.69, 9.17) is 4.42 Å². The standard InChI is InChI=1S/C25H24N2O3/c1-16-6-4-7-17(14-16)23-22(24(28)26-15-19-8-5-13-30-19)20-9-2-3-10-21(20)25(29)27(23)18-11-12-18/h2-10,13-14,18,22-23H,11-12,15H2,1H3,(H,26,28)/t22-,23+/m0/s1. The third-order valence-corrected chi connectivity index (χ3v) is 6.00. The number of rotatable bonds is 5. The molecule has 0 spiro atoms. The van der Waals surface area contributed by atoms with Crippen molar-refractivity contribution in [3.8, 4) is 0 Å². The summed E-state index contributed by atoms with van der Waals surface area (Å²) in [5.74, 6) is 0.157. The molecule has 1 aromatic heterocycles. The van der Waals surface area contributed by atoms with Crippen molar-refractivity contribution >= 4 is 11.8 Å². The molecule has 2 aromatic carbocycles. The first-order valence-electron chi connectivity index (χ1n) is 10.4. The zero-order chi connectivity index (χ0) is 20.7. The molecule has 2 amide bonds. The number of fused-ring (bicyclic) bond motifs is 1. The van der Waals surface area contributed by atoms with Crippen molar-refractivity contribution < 1.29 is 14.0 Å². The molecule has 1 N–H and O–H groups in total. The summed E-state index contributed by atoms with van der Waals surface area (Å²) in [6.07, 6.45) is 3.56. The topological polar surface area (TPSA) is 62.6 Å². The number of furan rings is 1. The predicted molar refractivity (Wildman–Crippen MR) is 113 cm³/mol. The number of amides is 2. The number of nitrogens with one attached hydrogen (secondary N) is 1. The van der Waals surface area contributed by atoms with E-state index in [0.717, 1.165) is 29.5 Å². The number of carbonyl (C=O) groups is 2. The molecule has 5 rings (SSSR count). The molecule has 30 heavy (non-hydrogen) atoms. The molecule has 2 aliphatic rings. The van der Waals surface area contributed by atoms with Gasteiger partial charge in [0.2, 0.25) is 5.91 Å². The fourth-order valence-electron chi connectivity index (χ4n) is 4.49. The smallest absolute Gasteiger partial charge is 0.254 e. The number of hydrogen-bond donors (Lipinski definition) is 1. The zero-order valence-electron chi connectivity index (χ0n) is 16.9. The fourth-order valence-corrected chi connectivity index (χ4v) is 4.49. The Hall–Kier alpha value is -3.34. The monoisotopic (exact) mass is 400 g/mol. The molecule has 0 saturated heterocycles. The first kappa shape index (κ1) is 18.7. The van der Waals surface area contributed by atoms with Crippen LogP contribution in [0.1, 0.15) is 57.6 Å². The average molecular weight is 400 g/mol. The van der Waals surface area contributed by atoms with E-state index in [1.54, 1.807) is 12.3 Å². The molecule has 1 aliphatic heterocycles. The SMILES string of the molecule is Cc1cccc([C@@H]2[C@@H](C(=O)NCc3ccco3)c3ccccc3C(=O)N2C2CC2)c1. The summed E-state index contributed by atoms with van der Waals surface area (Å²) >= 11 is 0. The summed E-state index contributed by atoms with van der Waals surface area (Å²) in [5, 5.41) is 3.03. The summed E-state index contributed by atoms with van der Waals surface area (Å²) in [6, 6.07) is 19.2. The highest BCUT2D eigenvalue weighted by atomic mass is 16.3. The maximum atomic E-state index is 13.5. The van der Waals surface area contributed by atoms with Crippen LogP contribution >= 0.6 is 0 Å². The molecule has 2 heterocycles. The molecule has 5 heteroatoms. The average Bonchev–Trinajstić information content (AvgIpc) is 3.45. The van der Waals surface area contributed by atoms with E-state index in [-0.39, 0.29) is 23.9 Å². The van der Waals surface area contributed by atoms with Gasteiger partial charge in [0, 0.05) is 11.6 Å². The van der Waals surface area contributed by atoms with E-state index >= 15 is 0 Å². The third kappa shape index (κ3) is 3.30. The first-order valence-corrected chi connectivity index (χ1v) is 10.4. The number of nitrogens with zero attached hydrogens (tertiary/aromatic N) is 1. The first-order chi connectivity index (χ1) is 14.6. The van der Waals surface area contributed by atoms with Crippen LogP contribution in [0.2, 0.25) is 0 Å². The Labute approximate surface area is 175 Å². The van der Waals surface area contributed by atoms with Crippen molar-refractivity contribution in [2.45, 2.75) is 44.3 Å². The lowest BCUT2D eigenvalue weighted by Crippen LogP contribution is -2.48. The van der Waals surface area contributed by atoms with Gasteiger partial charge in [0.25, 0.3) is 5.91 Å². The quantitative estimate of drug-likeness (QED) is 0.693. The summed E-state index contributed by atoms with van der Waals surface area (Å²) in [7, 11) is 0.